The van der Waals surface area contributed by atoms with Gasteiger partial charge in [-0.1, -0.05) is 17.7 Å². The van der Waals surface area contributed by atoms with Crippen LogP contribution < -0.4 is 20.3 Å². The molecule has 32 heavy (non-hydrogen) atoms. The van der Waals surface area contributed by atoms with E-state index in [0.29, 0.717) is 45.8 Å². The van der Waals surface area contributed by atoms with Gasteiger partial charge in [-0.3, -0.25) is 14.7 Å². The van der Waals surface area contributed by atoms with Crippen molar-refractivity contribution in [1.29, 1.82) is 0 Å². The van der Waals surface area contributed by atoms with E-state index in [1.54, 1.807) is 30.3 Å². The lowest BCUT2D eigenvalue weighted by Crippen LogP contribution is -2.28. The van der Waals surface area contributed by atoms with Gasteiger partial charge in [0.2, 0.25) is 0 Å². The van der Waals surface area contributed by atoms with Crippen LogP contribution in [0.4, 0.5) is 16.0 Å². The highest BCUT2D eigenvalue weighted by atomic mass is 35.5. The summed E-state index contributed by atoms with van der Waals surface area (Å²) in [5, 5.41) is 0.475. The summed E-state index contributed by atoms with van der Waals surface area (Å²) in [4.78, 5) is 26.0. The fourth-order valence-corrected chi connectivity index (χ4v) is 4.49. The van der Waals surface area contributed by atoms with Crippen LogP contribution in [0.15, 0.2) is 42.6 Å². The van der Waals surface area contributed by atoms with Gasteiger partial charge in [-0.15, -0.1) is 0 Å². The van der Waals surface area contributed by atoms with E-state index in [9.17, 15) is 9.18 Å². The van der Waals surface area contributed by atoms with E-state index in [-0.39, 0.29) is 24.1 Å². The second-order valence-electron chi connectivity index (χ2n) is 7.89. The number of hydrogen-bond donors (Lipinski definition) is 1. The van der Waals surface area contributed by atoms with Crippen LogP contribution in [0.2, 0.25) is 5.02 Å². The van der Waals surface area contributed by atoms with Crippen LogP contribution >= 0.6 is 11.6 Å². The molecule has 2 aliphatic rings. The predicted octanol–water partition coefficient (Wildman–Crippen LogP) is 3.64. The lowest BCUT2D eigenvalue weighted by atomic mass is 10.0. The van der Waals surface area contributed by atoms with Crippen molar-refractivity contribution in [3.05, 3.63) is 64.6 Å². The fraction of sp³-hybridized carbons (Fsp3) is 0.261. The maximum absolute atomic E-state index is 14.8. The summed E-state index contributed by atoms with van der Waals surface area (Å²) in [5.74, 6) is 0.756. The highest BCUT2D eigenvalue weighted by molar-refractivity contribution is 6.31. The zero-order valence-electron chi connectivity index (χ0n) is 17.4. The molecule has 1 amide bonds. The highest BCUT2D eigenvalue weighted by Crippen LogP contribution is 2.39. The van der Waals surface area contributed by atoms with Crippen LogP contribution in [0.25, 0.3) is 11.3 Å². The Morgan fingerprint density at radius 3 is 2.81 bits per heavy atom. The molecule has 164 valence electrons. The number of rotatable bonds is 4. The van der Waals surface area contributed by atoms with Crippen LogP contribution in [-0.4, -0.2) is 42.1 Å². The number of nitrogens with zero attached hydrogens (tertiary/aromatic N) is 4. The smallest absolute Gasteiger partial charge is 0.260 e. The third-order valence-corrected chi connectivity index (χ3v) is 6.09. The number of carbonyl (C=O) groups excluding carboxylic acids is 1. The first-order chi connectivity index (χ1) is 15.5. The quantitative estimate of drug-likeness (QED) is 0.649. The third kappa shape index (κ3) is 3.45. The number of anilines is 2. The van der Waals surface area contributed by atoms with Gasteiger partial charge in [-0.25, -0.2) is 9.37 Å². The molecular weight excluding hydrogens is 433 g/mol. The Morgan fingerprint density at radius 2 is 2.06 bits per heavy atom. The van der Waals surface area contributed by atoms with E-state index in [0.717, 1.165) is 13.0 Å². The molecule has 1 aromatic carbocycles. The SMILES string of the molecule is COc1cccc(F)c1-c1nccc2c1CN(c1cc(Cl)cc(N3CC[C@H](N)C3)n1)C2=O. The number of fused-ring (bicyclic) bond motifs is 1. The van der Waals surface area contributed by atoms with Crippen molar-refractivity contribution in [1.82, 2.24) is 9.97 Å². The molecule has 4 heterocycles. The van der Waals surface area contributed by atoms with E-state index < -0.39 is 5.82 Å². The number of halogens is 2. The van der Waals surface area contributed by atoms with Crippen molar-refractivity contribution in [2.24, 2.45) is 5.73 Å². The van der Waals surface area contributed by atoms with Crippen molar-refractivity contribution in [3.8, 4) is 17.0 Å². The second kappa shape index (κ2) is 8.03. The van der Waals surface area contributed by atoms with E-state index >= 15 is 0 Å². The third-order valence-electron chi connectivity index (χ3n) is 5.87. The molecule has 0 saturated carbocycles. The van der Waals surface area contributed by atoms with Crippen molar-refractivity contribution in [2.45, 2.75) is 19.0 Å². The Morgan fingerprint density at radius 1 is 1.25 bits per heavy atom. The standard InChI is InChI=1S/C23H21ClFN5O2/c1-32-18-4-2-3-17(25)21(18)22-16-12-30(23(31)15(16)5-7-27-22)20-10-13(24)9-19(28-20)29-8-6-14(26)11-29/h2-5,7,9-10,14H,6,8,11-12,26H2,1H3/t14-/m0/s1. The molecule has 1 atom stereocenters. The molecule has 9 heteroatoms. The maximum Gasteiger partial charge on any atom is 0.260 e. The highest BCUT2D eigenvalue weighted by Gasteiger charge is 2.34. The van der Waals surface area contributed by atoms with Gasteiger partial charge in [0.05, 0.1) is 24.9 Å². The average molecular weight is 454 g/mol. The molecule has 2 aromatic heterocycles. The van der Waals surface area contributed by atoms with Crippen LogP contribution in [0, 0.1) is 5.82 Å². The lowest BCUT2D eigenvalue weighted by Gasteiger charge is -2.21. The van der Waals surface area contributed by atoms with Gasteiger partial charge < -0.3 is 15.4 Å². The minimum absolute atomic E-state index is 0.0845. The van der Waals surface area contributed by atoms with Gasteiger partial charge in [0.1, 0.15) is 23.2 Å². The number of hydrogen-bond acceptors (Lipinski definition) is 6. The molecule has 7 nitrogen and oxygen atoms in total. The molecule has 3 aromatic rings. The predicted molar refractivity (Wildman–Crippen MR) is 121 cm³/mol. The summed E-state index contributed by atoms with van der Waals surface area (Å²) >= 11 is 6.38. The molecule has 1 saturated heterocycles. The summed E-state index contributed by atoms with van der Waals surface area (Å²) < 4.78 is 20.1. The number of benzene rings is 1. The zero-order chi connectivity index (χ0) is 22.4. The first kappa shape index (κ1) is 20.7. The molecule has 0 bridgehead atoms. The van der Waals surface area contributed by atoms with Gasteiger partial charge in [-0.2, -0.15) is 0 Å². The molecule has 5 rings (SSSR count). The summed E-state index contributed by atoms with van der Waals surface area (Å²) in [5.41, 5.74) is 7.71. The van der Waals surface area contributed by atoms with Crippen molar-refractivity contribution in [3.63, 3.8) is 0 Å². The molecule has 0 unspecified atom stereocenters. The minimum Gasteiger partial charge on any atom is -0.496 e. The van der Waals surface area contributed by atoms with Crippen molar-refractivity contribution < 1.29 is 13.9 Å². The first-order valence-electron chi connectivity index (χ1n) is 10.3. The summed E-state index contributed by atoms with van der Waals surface area (Å²) in [7, 11) is 1.47. The first-order valence-corrected chi connectivity index (χ1v) is 10.6. The molecule has 0 radical (unpaired) electrons. The number of pyridine rings is 2. The number of carbonyl (C=O) groups is 1. The number of nitrogens with two attached hydrogens (primary N) is 1. The monoisotopic (exact) mass is 453 g/mol. The van der Waals surface area contributed by atoms with Gasteiger partial charge in [-0.05, 0) is 36.8 Å². The summed E-state index contributed by atoms with van der Waals surface area (Å²) in [6, 6.07) is 9.73. The van der Waals surface area contributed by atoms with E-state index in [1.165, 1.54) is 24.3 Å². The Bertz CT molecular complexity index is 1220. The largest absolute Gasteiger partial charge is 0.496 e. The number of amides is 1. The van der Waals surface area contributed by atoms with Crippen LogP contribution in [0.5, 0.6) is 5.75 Å². The summed E-state index contributed by atoms with van der Waals surface area (Å²) in [6.45, 7) is 1.66. The molecule has 1 fully saturated rings. The number of ether oxygens (including phenoxy) is 1. The average Bonchev–Trinajstić information content (AvgIpc) is 3.37. The van der Waals surface area contributed by atoms with Crippen molar-refractivity contribution in [2.75, 3.05) is 30.0 Å². The Labute approximate surface area is 189 Å². The number of methoxy groups -OCH3 is 1. The lowest BCUT2D eigenvalue weighted by molar-refractivity contribution is 0.0996. The molecule has 0 spiro atoms. The maximum atomic E-state index is 14.8. The van der Waals surface area contributed by atoms with Crippen LogP contribution in [0.3, 0.4) is 0 Å². The topological polar surface area (TPSA) is 84.6 Å². The fourth-order valence-electron chi connectivity index (χ4n) is 4.30. The zero-order valence-corrected chi connectivity index (χ0v) is 18.1. The van der Waals surface area contributed by atoms with Crippen LogP contribution in [0.1, 0.15) is 22.3 Å². The molecular formula is C23H21ClFN5O2. The molecule has 2 aliphatic heterocycles. The Kier molecular flexibility index (Phi) is 5.19. The van der Waals surface area contributed by atoms with Gasteiger partial charge in [0.25, 0.3) is 5.91 Å². The van der Waals surface area contributed by atoms with Gasteiger partial charge in [0.15, 0.2) is 0 Å². The second-order valence-corrected chi connectivity index (χ2v) is 8.33. The minimum atomic E-state index is -0.468. The van der Waals surface area contributed by atoms with E-state index in [2.05, 4.69) is 9.88 Å². The van der Waals surface area contributed by atoms with E-state index in [1.807, 2.05) is 0 Å². The van der Waals surface area contributed by atoms with Crippen LogP contribution in [-0.2, 0) is 6.54 Å². The normalized spacial score (nSPS) is 17.8. The summed E-state index contributed by atoms with van der Waals surface area (Å²) in [6.07, 6.45) is 2.38. The number of aromatic nitrogens is 2. The van der Waals surface area contributed by atoms with Gasteiger partial charge >= 0.3 is 0 Å². The van der Waals surface area contributed by atoms with Crippen molar-refractivity contribution >= 4 is 29.1 Å². The Balaban J connectivity index is 1.55. The molecule has 2 N–H and O–H groups in total. The van der Waals surface area contributed by atoms with Gasteiger partial charge in [0, 0.05) is 41.5 Å². The Hall–Kier alpha value is -3.23. The van der Waals surface area contributed by atoms with E-state index in [4.69, 9.17) is 27.1 Å². The molecule has 0 aliphatic carbocycles.